The molecule has 1 fully saturated rings. The largest absolute Gasteiger partial charge is 0.416 e. The first-order valence-electron chi connectivity index (χ1n) is 8.21. The number of carbonyl (C=O) groups is 1. The molecule has 138 valence electrons. The number of likely N-dealkylation sites (N-methyl/N-ethyl adjacent to an activating group) is 1. The third-order valence-electron chi connectivity index (χ3n) is 4.32. The van der Waals surface area contributed by atoms with Gasteiger partial charge >= 0.3 is 6.18 Å². The van der Waals surface area contributed by atoms with E-state index in [4.69, 9.17) is 0 Å². The second-order valence-corrected chi connectivity index (χ2v) is 6.22. The predicted octanol–water partition coefficient (Wildman–Crippen LogP) is 3.10. The van der Waals surface area contributed by atoms with Gasteiger partial charge in [0.2, 0.25) is 0 Å². The Hall–Kier alpha value is -2.61. The second-order valence-electron chi connectivity index (χ2n) is 6.22. The molecule has 0 atom stereocenters. The van der Waals surface area contributed by atoms with Crippen molar-refractivity contribution >= 4 is 17.3 Å². The van der Waals surface area contributed by atoms with E-state index in [2.05, 4.69) is 27.1 Å². The van der Waals surface area contributed by atoms with Gasteiger partial charge in [-0.15, -0.1) is 0 Å². The molecule has 0 unspecified atom stereocenters. The van der Waals surface area contributed by atoms with Crippen LogP contribution in [0.15, 0.2) is 42.6 Å². The number of aromatic nitrogens is 1. The van der Waals surface area contributed by atoms with Crippen molar-refractivity contribution in [3.8, 4) is 0 Å². The molecule has 8 heteroatoms. The first kappa shape index (κ1) is 18.2. The molecule has 1 aromatic heterocycles. The summed E-state index contributed by atoms with van der Waals surface area (Å²) in [6, 6.07) is 7.75. The highest BCUT2D eigenvalue weighted by molar-refractivity contribution is 6.02. The van der Waals surface area contributed by atoms with Gasteiger partial charge in [-0.2, -0.15) is 13.2 Å². The maximum absolute atomic E-state index is 12.6. The van der Waals surface area contributed by atoms with Crippen molar-refractivity contribution < 1.29 is 18.0 Å². The molecule has 3 rings (SSSR count). The highest BCUT2D eigenvalue weighted by Gasteiger charge is 2.30. The monoisotopic (exact) mass is 364 g/mol. The molecule has 0 bridgehead atoms. The normalized spacial score (nSPS) is 15.8. The number of nitrogens with zero attached hydrogens (tertiary/aromatic N) is 3. The highest BCUT2D eigenvalue weighted by atomic mass is 19.4. The molecule has 0 saturated carbocycles. The number of pyridine rings is 1. The Morgan fingerprint density at radius 1 is 1.04 bits per heavy atom. The predicted molar refractivity (Wildman–Crippen MR) is 93.3 cm³/mol. The minimum Gasteiger partial charge on any atom is -0.368 e. The topological polar surface area (TPSA) is 48.5 Å². The number of amides is 1. The zero-order valence-electron chi connectivity index (χ0n) is 14.3. The van der Waals surface area contributed by atoms with Crippen LogP contribution >= 0.6 is 0 Å². The Morgan fingerprint density at radius 2 is 1.69 bits per heavy atom. The van der Waals surface area contributed by atoms with E-state index < -0.39 is 17.6 Å². The van der Waals surface area contributed by atoms with Gasteiger partial charge in [0.25, 0.3) is 5.91 Å². The number of alkyl halides is 3. The third-order valence-corrected chi connectivity index (χ3v) is 4.32. The molecule has 2 heterocycles. The van der Waals surface area contributed by atoms with Crippen molar-refractivity contribution in [2.24, 2.45) is 0 Å². The lowest BCUT2D eigenvalue weighted by molar-refractivity contribution is -0.137. The van der Waals surface area contributed by atoms with Crippen LogP contribution in [0.5, 0.6) is 0 Å². The lowest BCUT2D eigenvalue weighted by Crippen LogP contribution is -2.44. The molecule has 1 N–H and O–H groups in total. The Morgan fingerprint density at radius 3 is 2.23 bits per heavy atom. The molecule has 0 radical (unpaired) electrons. The molecule has 1 aromatic carbocycles. The van der Waals surface area contributed by atoms with Crippen LogP contribution in [0, 0.1) is 0 Å². The Bertz CT molecular complexity index is 752. The average Bonchev–Trinajstić information content (AvgIpc) is 2.62. The van der Waals surface area contributed by atoms with Crippen LogP contribution in [0.2, 0.25) is 0 Å². The van der Waals surface area contributed by atoms with Crippen molar-refractivity contribution in [1.82, 2.24) is 9.88 Å². The Labute approximate surface area is 149 Å². The summed E-state index contributed by atoms with van der Waals surface area (Å²) in [4.78, 5) is 20.8. The van der Waals surface area contributed by atoms with Gasteiger partial charge < -0.3 is 15.1 Å². The van der Waals surface area contributed by atoms with Crippen molar-refractivity contribution in [3.63, 3.8) is 0 Å². The fraction of sp³-hybridized carbons (Fsp3) is 0.333. The number of hydrogen-bond donors (Lipinski definition) is 1. The number of piperazine rings is 1. The molecule has 2 aromatic rings. The molecular formula is C18H19F3N4O. The van der Waals surface area contributed by atoms with E-state index in [9.17, 15) is 18.0 Å². The summed E-state index contributed by atoms with van der Waals surface area (Å²) in [7, 11) is 2.07. The van der Waals surface area contributed by atoms with Crippen LogP contribution in [0.4, 0.5) is 24.5 Å². The minimum absolute atomic E-state index is 0.211. The van der Waals surface area contributed by atoms with Crippen molar-refractivity contribution in [3.05, 3.63) is 53.9 Å². The number of nitrogens with one attached hydrogen (secondary N) is 1. The van der Waals surface area contributed by atoms with E-state index >= 15 is 0 Å². The highest BCUT2D eigenvalue weighted by Crippen LogP contribution is 2.29. The van der Waals surface area contributed by atoms with E-state index in [1.165, 1.54) is 12.1 Å². The number of rotatable bonds is 3. The number of hydrogen-bond acceptors (Lipinski definition) is 4. The van der Waals surface area contributed by atoms with Crippen LogP contribution < -0.4 is 10.2 Å². The molecule has 26 heavy (non-hydrogen) atoms. The van der Waals surface area contributed by atoms with Crippen LogP contribution in [-0.2, 0) is 6.18 Å². The summed E-state index contributed by atoms with van der Waals surface area (Å²) in [6.07, 6.45) is -2.75. The van der Waals surface area contributed by atoms with Crippen molar-refractivity contribution in [2.45, 2.75) is 6.18 Å². The zero-order valence-corrected chi connectivity index (χ0v) is 14.3. The molecule has 1 amide bonds. The third kappa shape index (κ3) is 4.32. The molecule has 0 spiro atoms. The summed E-state index contributed by atoms with van der Waals surface area (Å²) in [6.45, 7) is 3.73. The summed E-state index contributed by atoms with van der Waals surface area (Å²) in [5, 5.41) is 2.55. The summed E-state index contributed by atoms with van der Waals surface area (Å²) < 4.78 is 37.7. The molecule has 0 aliphatic carbocycles. The molecule has 1 aliphatic rings. The van der Waals surface area contributed by atoms with Gasteiger partial charge in [-0.25, -0.2) is 4.98 Å². The summed E-state index contributed by atoms with van der Waals surface area (Å²) in [5.74, 6) is -0.463. The minimum atomic E-state index is -4.40. The standard InChI is InChI=1S/C18H19F3N4O/c1-24-8-10-25(11-9-24)15-6-7-16(22-12-15)17(26)23-14-4-2-13(3-5-14)18(19,20)21/h2-7,12H,8-11H2,1H3,(H,23,26). The van der Waals surface area contributed by atoms with Gasteiger partial charge in [-0.05, 0) is 43.4 Å². The van der Waals surface area contributed by atoms with Crippen LogP contribution in [0.3, 0.4) is 0 Å². The second kappa shape index (κ2) is 7.33. The van der Waals surface area contributed by atoms with Gasteiger partial charge in [0.15, 0.2) is 0 Å². The van der Waals surface area contributed by atoms with Gasteiger partial charge in [-0.1, -0.05) is 0 Å². The number of halogens is 3. The number of benzene rings is 1. The fourth-order valence-corrected chi connectivity index (χ4v) is 2.71. The van der Waals surface area contributed by atoms with Gasteiger partial charge in [0.1, 0.15) is 5.69 Å². The quantitative estimate of drug-likeness (QED) is 0.909. The maximum atomic E-state index is 12.6. The van der Waals surface area contributed by atoms with Crippen LogP contribution in [0.1, 0.15) is 16.1 Å². The summed E-state index contributed by atoms with van der Waals surface area (Å²) in [5.41, 5.74) is 0.685. The molecule has 1 aliphatic heterocycles. The first-order chi connectivity index (χ1) is 12.3. The Kier molecular flexibility index (Phi) is 5.13. The smallest absolute Gasteiger partial charge is 0.368 e. The molecule has 1 saturated heterocycles. The molecule has 5 nitrogen and oxygen atoms in total. The number of carbonyl (C=O) groups excluding carboxylic acids is 1. The Balaban J connectivity index is 1.63. The van der Waals surface area contributed by atoms with E-state index in [1.807, 2.05) is 6.07 Å². The first-order valence-corrected chi connectivity index (χ1v) is 8.21. The lowest BCUT2D eigenvalue weighted by Gasteiger charge is -2.33. The van der Waals surface area contributed by atoms with E-state index in [0.717, 1.165) is 44.0 Å². The summed E-state index contributed by atoms with van der Waals surface area (Å²) >= 11 is 0. The van der Waals surface area contributed by atoms with Crippen LogP contribution in [-0.4, -0.2) is 49.0 Å². The lowest BCUT2D eigenvalue weighted by atomic mass is 10.2. The maximum Gasteiger partial charge on any atom is 0.416 e. The number of anilines is 2. The van der Waals surface area contributed by atoms with Crippen molar-refractivity contribution in [2.75, 3.05) is 43.4 Å². The molecular weight excluding hydrogens is 345 g/mol. The van der Waals surface area contributed by atoms with Gasteiger partial charge in [-0.3, -0.25) is 4.79 Å². The van der Waals surface area contributed by atoms with E-state index in [1.54, 1.807) is 12.3 Å². The van der Waals surface area contributed by atoms with Gasteiger partial charge in [0, 0.05) is 31.9 Å². The van der Waals surface area contributed by atoms with Crippen molar-refractivity contribution in [1.29, 1.82) is 0 Å². The zero-order chi connectivity index (χ0) is 18.7. The SMILES string of the molecule is CN1CCN(c2ccc(C(=O)Nc3ccc(C(F)(F)F)cc3)nc2)CC1. The average molecular weight is 364 g/mol. The van der Waals surface area contributed by atoms with Crippen LogP contribution in [0.25, 0.3) is 0 Å². The van der Waals surface area contributed by atoms with Gasteiger partial charge in [0.05, 0.1) is 17.4 Å². The van der Waals surface area contributed by atoms with E-state index in [-0.39, 0.29) is 11.4 Å². The fourth-order valence-electron chi connectivity index (χ4n) is 2.71. The van der Waals surface area contributed by atoms with E-state index in [0.29, 0.717) is 0 Å².